The number of nitriles is 1. The van der Waals surface area contributed by atoms with Gasteiger partial charge in [-0.3, -0.25) is 0 Å². The normalized spacial score (nSPS) is 9.23. The molecule has 1 aromatic heterocycles. The highest BCUT2D eigenvalue weighted by atomic mass is 16.5. The maximum absolute atomic E-state index is 8.30. The molecule has 1 heterocycles. The predicted molar refractivity (Wildman–Crippen MR) is 48.1 cm³/mol. The third-order valence-electron chi connectivity index (χ3n) is 1.54. The second-order valence-corrected chi connectivity index (χ2v) is 2.47. The lowest BCUT2D eigenvalue weighted by Crippen LogP contribution is -2.12. The van der Waals surface area contributed by atoms with Crippen LogP contribution in [-0.2, 0) is 6.54 Å². The van der Waals surface area contributed by atoms with Crippen molar-refractivity contribution < 1.29 is 4.74 Å². The van der Waals surface area contributed by atoms with Gasteiger partial charge in [-0.15, -0.1) is 0 Å². The Balaban J connectivity index is 2.52. The first-order chi connectivity index (χ1) is 6.36. The van der Waals surface area contributed by atoms with E-state index < -0.39 is 0 Å². The Bertz CT molecular complexity index is 306. The molecule has 0 amide bonds. The van der Waals surface area contributed by atoms with E-state index in [9.17, 15) is 0 Å². The van der Waals surface area contributed by atoms with Gasteiger partial charge in [-0.05, 0) is 11.6 Å². The van der Waals surface area contributed by atoms with E-state index in [2.05, 4.69) is 10.3 Å². The third-order valence-corrected chi connectivity index (χ3v) is 1.54. The van der Waals surface area contributed by atoms with E-state index in [1.54, 1.807) is 13.3 Å². The minimum Gasteiger partial charge on any atom is -0.481 e. The number of nitrogens with one attached hydrogen (secondary N) is 1. The first kappa shape index (κ1) is 9.49. The van der Waals surface area contributed by atoms with Gasteiger partial charge >= 0.3 is 0 Å². The van der Waals surface area contributed by atoms with Crippen LogP contribution in [0.5, 0.6) is 5.88 Å². The second kappa shape index (κ2) is 5.12. The standard InChI is InChI=1S/C9H11N3O/c1-13-9-6-8(2-4-12-9)7-11-5-3-10/h2,4,6,11H,5,7H2,1H3. The van der Waals surface area contributed by atoms with Crippen LogP contribution in [0.3, 0.4) is 0 Å². The van der Waals surface area contributed by atoms with E-state index in [1.165, 1.54) is 0 Å². The summed E-state index contributed by atoms with van der Waals surface area (Å²) in [6.07, 6.45) is 1.68. The molecular formula is C9H11N3O. The second-order valence-electron chi connectivity index (χ2n) is 2.47. The SMILES string of the molecule is COc1cc(CNCC#N)ccn1. The zero-order valence-electron chi connectivity index (χ0n) is 7.45. The molecule has 0 bridgehead atoms. The van der Waals surface area contributed by atoms with Gasteiger partial charge in [0, 0.05) is 18.8 Å². The summed E-state index contributed by atoms with van der Waals surface area (Å²) >= 11 is 0. The number of pyridine rings is 1. The largest absolute Gasteiger partial charge is 0.481 e. The van der Waals surface area contributed by atoms with Crippen LogP contribution in [0.2, 0.25) is 0 Å². The molecule has 0 fully saturated rings. The molecular weight excluding hydrogens is 166 g/mol. The lowest BCUT2D eigenvalue weighted by Gasteiger charge is -2.02. The van der Waals surface area contributed by atoms with Gasteiger partial charge in [0.05, 0.1) is 19.7 Å². The molecule has 1 rings (SSSR count). The van der Waals surface area contributed by atoms with E-state index in [1.807, 2.05) is 18.2 Å². The summed E-state index contributed by atoms with van der Waals surface area (Å²) < 4.78 is 4.96. The van der Waals surface area contributed by atoms with Gasteiger partial charge in [-0.25, -0.2) is 4.98 Å². The third kappa shape index (κ3) is 3.09. The van der Waals surface area contributed by atoms with E-state index in [-0.39, 0.29) is 0 Å². The van der Waals surface area contributed by atoms with Crippen LogP contribution < -0.4 is 10.1 Å². The van der Waals surface area contributed by atoms with Gasteiger partial charge in [-0.1, -0.05) is 0 Å². The lowest BCUT2D eigenvalue weighted by molar-refractivity contribution is 0.397. The van der Waals surface area contributed by atoms with Gasteiger partial charge in [-0.2, -0.15) is 5.26 Å². The van der Waals surface area contributed by atoms with Gasteiger partial charge in [0.2, 0.25) is 5.88 Å². The highest BCUT2D eigenvalue weighted by molar-refractivity contribution is 5.20. The first-order valence-electron chi connectivity index (χ1n) is 3.93. The predicted octanol–water partition coefficient (Wildman–Crippen LogP) is 0.703. The Hall–Kier alpha value is -1.60. The molecule has 0 spiro atoms. The Morgan fingerprint density at radius 1 is 1.69 bits per heavy atom. The van der Waals surface area contributed by atoms with Gasteiger partial charge in [0.15, 0.2) is 0 Å². The Labute approximate surface area is 77.2 Å². The summed E-state index contributed by atoms with van der Waals surface area (Å²) in [5.74, 6) is 0.594. The van der Waals surface area contributed by atoms with Crippen molar-refractivity contribution in [1.82, 2.24) is 10.3 Å². The smallest absolute Gasteiger partial charge is 0.213 e. The topological polar surface area (TPSA) is 57.9 Å². The fraction of sp³-hybridized carbons (Fsp3) is 0.333. The zero-order valence-corrected chi connectivity index (χ0v) is 7.45. The minimum atomic E-state index is 0.352. The maximum atomic E-state index is 8.30. The molecule has 0 radical (unpaired) electrons. The number of rotatable bonds is 4. The summed E-state index contributed by atoms with van der Waals surface area (Å²) in [7, 11) is 1.58. The van der Waals surface area contributed by atoms with Crippen LogP contribution in [0.15, 0.2) is 18.3 Å². The lowest BCUT2D eigenvalue weighted by atomic mass is 10.2. The van der Waals surface area contributed by atoms with Gasteiger partial charge in [0.1, 0.15) is 0 Å². The number of ether oxygens (including phenoxy) is 1. The minimum absolute atomic E-state index is 0.352. The number of aromatic nitrogens is 1. The summed E-state index contributed by atoms with van der Waals surface area (Å²) in [4.78, 5) is 3.97. The van der Waals surface area contributed by atoms with Crippen molar-refractivity contribution in [2.24, 2.45) is 0 Å². The molecule has 0 aliphatic heterocycles. The van der Waals surface area contributed by atoms with Crippen molar-refractivity contribution in [2.45, 2.75) is 6.54 Å². The molecule has 68 valence electrons. The number of nitrogens with zero attached hydrogens (tertiary/aromatic N) is 2. The summed E-state index contributed by atoms with van der Waals surface area (Å²) in [6, 6.07) is 5.73. The maximum Gasteiger partial charge on any atom is 0.213 e. The van der Waals surface area contributed by atoms with Crippen LogP contribution in [0.25, 0.3) is 0 Å². The van der Waals surface area contributed by atoms with Crippen LogP contribution in [-0.4, -0.2) is 18.6 Å². The van der Waals surface area contributed by atoms with Crippen molar-refractivity contribution in [2.75, 3.05) is 13.7 Å². The zero-order chi connectivity index (χ0) is 9.52. The van der Waals surface area contributed by atoms with Crippen molar-refractivity contribution >= 4 is 0 Å². The molecule has 0 saturated heterocycles. The quantitative estimate of drug-likeness (QED) is 0.543. The van der Waals surface area contributed by atoms with E-state index >= 15 is 0 Å². The monoisotopic (exact) mass is 177 g/mol. The molecule has 0 unspecified atom stereocenters. The van der Waals surface area contributed by atoms with Crippen molar-refractivity contribution in [3.8, 4) is 11.9 Å². The fourth-order valence-corrected chi connectivity index (χ4v) is 0.935. The van der Waals surface area contributed by atoms with E-state index in [0.717, 1.165) is 5.56 Å². The van der Waals surface area contributed by atoms with Crippen molar-refractivity contribution in [3.05, 3.63) is 23.9 Å². The van der Waals surface area contributed by atoms with E-state index in [0.29, 0.717) is 19.0 Å². The molecule has 0 aliphatic rings. The Kier molecular flexibility index (Phi) is 3.74. The molecule has 1 aromatic rings. The highest BCUT2D eigenvalue weighted by Gasteiger charge is 1.95. The summed E-state index contributed by atoms with van der Waals surface area (Å²) in [5, 5.41) is 11.3. The average molecular weight is 177 g/mol. The van der Waals surface area contributed by atoms with Crippen LogP contribution in [0.4, 0.5) is 0 Å². The molecule has 0 saturated carbocycles. The summed E-state index contributed by atoms with van der Waals surface area (Å²) in [6.45, 7) is 1.01. The molecule has 0 aromatic carbocycles. The van der Waals surface area contributed by atoms with Crippen LogP contribution in [0.1, 0.15) is 5.56 Å². The fourth-order valence-electron chi connectivity index (χ4n) is 0.935. The van der Waals surface area contributed by atoms with Crippen LogP contribution >= 0.6 is 0 Å². The number of methoxy groups -OCH3 is 1. The average Bonchev–Trinajstić information content (AvgIpc) is 2.19. The van der Waals surface area contributed by atoms with Gasteiger partial charge < -0.3 is 10.1 Å². The molecule has 0 atom stereocenters. The Morgan fingerprint density at radius 3 is 3.23 bits per heavy atom. The van der Waals surface area contributed by atoms with Crippen LogP contribution in [0, 0.1) is 11.3 Å². The molecule has 4 nitrogen and oxygen atoms in total. The van der Waals surface area contributed by atoms with Crippen molar-refractivity contribution in [1.29, 1.82) is 5.26 Å². The van der Waals surface area contributed by atoms with Gasteiger partial charge in [0.25, 0.3) is 0 Å². The molecule has 0 aliphatic carbocycles. The molecule has 4 heteroatoms. The molecule has 13 heavy (non-hydrogen) atoms. The Morgan fingerprint density at radius 2 is 2.54 bits per heavy atom. The number of hydrogen-bond donors (Lipinski definition) is 1. The number of hydrogen-bond acceptors (Lipinski definition) is 4. The summed E-state index contributed by atoms with van der Waals surface area (Å²) in [5.41, 5.74) is 1.06. The van der Waals surface area contributed by atoms with E-state index in [4.69, 9.17) is 10.00 Å². The first-order valence-corrected chi connectivity index (χ1v) is 3.93. The van der Waals surface area contributed by atoms with Crippen molar-refractivity contribution in [3.63, 3.8) is 0 Å². The molecule has 1 N–H and O–H groups in total. The highest BCUT2D eigenvalue weighted by Crippen LogP contribution is 2.07.